The van der Waals surface area contributed by atoms with Gasteiger partial charge in [0.2, 0.25) is 0 Å². The van der Waals surface area contributed by atoms with Crippen LogP contribution in [0.2, 0.25) is 0 Å². The first-order valence-electron chi connectivity index (χ1n) is 4.91. The molecule has 0 aromatic carbocycles. The number of carbonyl (C=O) groups excluding carboxylic acids is 1. The number of amides is 1. The molecule has 15 heavy (non-hydrogen) atoms. The normalized spacial score (nSPS) is 11.8. The zero-order valence-electron chi connectivity index (χ0n) is 8.91. The molecule has 1 unspecified atom stereocenters. The third kappa shape index (κ3) is 2.84. The van der Waals surface area contributed by atoms with Crippen LogP contribution in [0.25, 0.3) is 0 Å². The maximum absolute atomic E-state index is 11.7. The van der Waals surface area contributed by atoms with Gasteiger partial charge in [0.1, 0.15) is 0 Å². The Kier molecular flexibility index (Phi) is 3.92. The van der Waals surface area contributed by atoms with Gasteiger partial charge in [-0.25, -0.2) is 0 Å². The highest BCUT2D eigenvalue weighted by Gasteiger charge is 2.16. The lowest BCUT2D eigenvalue weighted by molar-refractivity contribution is 0.0907. The van der Waals surface area contributed by atoms with Crippen LogP contribution in [0, 0.1) is 18.3 Å². The fraction of sp³-hybridized carbons (Fsp3) is 0.455. The number of nitrogens with zero attached hydrogens (tertiary/aromatic N) is 1. The van der Waals surface area contributed by atoms with Gasteiger partial charge in [0.15, 0.2) is 5.76 Å². The fourth-order valence-electron chi connectivity index (χ4n) is 1.26. The lowest BCUT2D eigenvalue weighted by Gasteiger charge is -2.12. The number of hydrogen-bond donors (Lipinski definition) is 1. The van der Waals surface area contributed by atoms with Crippen LogP contribution in [0.4, 0.5) is 0 Å². The van der Waals surface area contributed by atoms with Crippen LogP contribution in [-0.2, 0) is 0 Å². The largest absolute Gasteiger partial charge is 0.459 e. The molecular formula is C11H14N2O2. The van der Waals surface area contributed by atoms with E-state index in [1.165, 1.54) is 6.26 Å². The molecule has 0 saturated heterocycles. The van der Waals surface area contributed by atoms with Crippen LogP contribution < -0.4 is 5.32 Å². The lowest BCUT2D eigenvalue weighted by Crippen LogP contribution is -2.34. The van der Waals surface area contributed by atoms with E-state index in [0.29, 0.717) is 12.2 Å². The molecule has 80 valence electrons. The van der Waals surface area contributed by atoms with Gasteiger partial charge < -0.3 is 9.73 Å². The zero-order valence-corrected chi connectivity index (χ0v) is 8.91. The van der Waals surface area contributed by atoms with Crippen LogP contribution in [0.3, 0.4) is 0 Å². The molecule has 0 bridgehead atoms. The predicted octanol–water partition coefficient (Wildman–Crippen LogP) is 2.01. The summed E-state index contributed by atoms with van der Waals surface area (Å²) >= 11 is 0. The van der Waals surface area contributed by atoms with E-state index in [0.717, 1.165) is 12.0 Å². The molecular weight excluding hydrogens is 192 g/mol. The predicted molar refractivity (Wildman–Crippen MR) is 55.2 cm³/mol. The highest BCUT2D eigenvalue weighted by atomic mass is 16.3. The summed E-state index contributed by atoms with van der Waals surface area (Å²) in [5, 5.41) is 11.3. The first-order valence-corrected chi connectivity index (χ1v) is 4.91. The summed E-state index contributed by atoms with van der Waals surface area (Å²) in [6, 6.07) is 3.67. The highest BCUT2D eigenvalue weighted by Crippen LogP contribution is 2.09. The van der Waals surface area contributed by atoms with Crippen LogP contribution in [0.1, 0.15) is 35.9 Å². The number of rotatable bonds is 4. The van der Waals surface area contributed by atoms with Gasteiger partial charge in [0.25, 0.3) is 5.91 Å². The second kappa shape index (κ2) is 5.20. The number of carbonyl (C=O) groups is 1. The average molecular weight is 206 g/mol. The molecule has 1 aromatic rings. The van der Waals surface area contributed by atoms with E-state index in [1.807, 2.05) is 19.9 Å². The third-order valence-corrected chi connectivity index (χ3v) is 2.23. The molecule has 0 saturated carbocycles. The van der Waals surface area contributed by atoms with Gasteiger partial charge >= 0.3 is 0 Å². The number of nitrogens with one attached hydrogen (secondary N) is 1. The Bertz CT molecular complexity index is 376. The van der Waals surface area contributed by atoms with E-state index in [-0.39, 0.29) is 11.9 Å². The maximum Gasteiger partial charge on any atom is 0.287 e. The highest BCUT2D eigenvalue weighted by molar-refractivity contribution is 5.92. The molecule has 1 rings (SSSR count). The molecule has 4 nitrogen and oxygen atoms in total. The van der Waals surface area contributed by atoms with Crippen molar-refractivity contribution in [3.63, 3.8) is 0 Å². The van der Waals surface area contributed by atoms with Crippen molar-refractivity contribution in [1.29, 1.82) is 5.26 Å². The fourth-order valence-corrected chi connectivity index (χ4v) is 1.26. The minimum atomic E-state index is -0.250. The van der Waals surface area contributed by atoms with Crippen molar-refractivity contribution in [1.82, 2.24) is 5.32 Å². The van der Waals surface area contributed by atoms with Gasteiger partial charge in [-0.1, -0.05) is 6.92 Å². The Morgan fingerprint density at radius 1 is 1.73 bits per heavy atom. The first kappa shape index (κ1) is 11.3. The Labute approximate surface area is 88.9 Å². The van der Waals surface area contributed by atoms with Crippen molar-refractivity contribution in [3.8, 4) is 6.07 Å². The minimum Gasteiger partial charge on any atom is -0.459 e. The van der Waals surface area contributed by atoms with Crippen molar-refractivity contribution in [2.45, 2.75) is 32.7 Å². The van der Waals surface area contributed by atoms with Crippen molar-refractivity contribution in [2.24, 2.45) is 0 Å². The second-order valence-electron chi connectivity index (χ2n) is 3.37. The Morgan fingerprint density at radius 2 is 2.47 bits per heavy atom. The van der Waals surface area contributed by atoms with E-state index in [9.17, 15) is 4.79 Å². The van der Waals surface area contributed by atoms with E-state index in [1.54, 1.807) is 6.07 Å². The SMILES string of the molecule is CCC(CC#N)NC(=O)c1occc1C. The minimum absolute atomic E-state index is 0.105. The van der Waals surface area contributed by atoms with E-state index < -0.39 is 0 Å². The van der Waals surface area contributed by atoms with Crippen molar-refractivity contribution >= 4 is 5.91 Å². The molecule has 0 aliphatic rings. The summed E-state index contributed by atoms with van der Waals surface area (Å²) < 4.78 is 5.05. The summed E-state index contributed by atoms with van der Waals surface area (Å²) in [7, 11) is 0. The molecule has 0 spiro atoms. The number of hydrogen-bond acceptors (Lipinski definition) is 3. The quantitative estimate of drug-likeness (QED) is 0.819. The molecule has 1 amide bonds. The topological polar surface area (TPSA) is 66.0 Å². The van der Waals surface area contributed by atoms with Crippen LogP contribution >= 0.6 is 0 Å². The number of nitriles is 1. The first-order chi connectivity index (χ1) is 7.19. The van der Waals surface area contributed by atoms with Crippen molar-refractivity contribution in [3.05, 3.63) is 23.7 Å². The molecule has 4 heteroatoms. The average Bonchev–Trinajstić information content (AvgIpc) is 2.63. The monoisotopic (exact) mass is 206 g/mol. The number of furan rings is 1. The van der Waals surface area contributed by atoms with Gasteiger partial charge in [-0.05, 0) is 19.4 Å². The van der Waals surface area contributed by atoms with E-state index >= 15 is 0 Å². The van der Waals surface area contributed by atoms with Crippen molar-refractivity contribution in [2.75, 3.05) is 0 Å². The second-order valence-corrected chi connectivity index (χ2v) is 3.37. The zero-order chi connectivity index (χ0) is 11.3. The summed E-state index contributed by atoms with van der Waals surface area (Å²) in [6.45, 7) is 3.74. The molecule has 1 heterocycles. The Hall–Kier alpha value is -1.76. The molecule has 0 aliphatic heterocycles. The third-order valence-electron chi connectivity index (χ3n) is 2.23. The van der Waals surface area contributed by atoms with Crippen LogP contribution in [0.15, 0.2) is 16.7 Å². The van der Waals surface area contributed by atoms with Gasteiger partial charge in [0, 0.05) is 11.6 Å². The molecule has 0 radical (unpaired) electrons. The summed E-state index contributed by atoms with van der Waals surface area (Å²) in [5.41, 5.74) is 0.805. The summed E-state index contributed by atoms with van der Waals surface area (Å²) in [6.07, 6.45) is 2.54. The molecule has 0 fully saturated rings. The smallest absolute Gasteiger partial charge is 0.287 e. The summed E-state index contributed by atoms with van der Waals surface area (Å²) in [5.74, 6) is 0.0750. The van der Waals surface area contributed by atoms with Crippen LogP contribution in [-0.4, -0.2) is 11.9 Å². The molecule has 1 N–H and O–H groups in total. The summed E-state index contributed by atoms with van der Waals surface area (Å²) in [4.78, 5) is 11.7. The van der Waals surface area contributed by atoms with E-state index in [4.69, 9.17) is 9.68 Å². The standard InChI is InChI=1S/C11H14N2O2/c1-3-9(4-6-12)13-11(14)10-8(2)5-7-15-10/h5,7,9H,3-4H2,1-2H3,(H,13,14). The number of aryl methyl sites for hydroxylation is 1. The molecule has 1 atom stereocenters. The van der Waals surface area contributed by atoms with Crippen molar-refractivity contribution < 1.29 is 9.21 Å². The molecule has 0 aliphatic carbocycles. The van der Waals surface area contributed by atoms with Gasteiger partial charge in [0.05, 0.1) is 18.8 Å². The van der Waals surface area contributed by atoms with Gasteiger partial charge in [-0.3, -0.25) is 4.79 Å². The lowest BCUT2D eigenvalue weighted by atomic mass is 10.1. The molecule has 1 aromatic heterocycles. The van der Waals surface area contributed by atoms with Gasteiger partial charge in [-0.2, -0.15) is 5.26 Å². The van der Waals surface area contributed by atoms with Crippen LogP contribution in [0.5, 0.6) is 0 Å². The Balaban J connectivity index is 2.63. The maximum atomic E-state index is 11.7. The van der Waals surface area contributed by atoms with E-state index in [2.05, 4.69) is 5.32 Å². The Morgan fingerprint density at radius 3 is 2.93 bits per heavy atom. The van der Waals surface area contributed by atoms with Gasteiger partial charge in [-0.15, -0.1) is 0 Å².